The van der Waals surface area contributed by atoms with Crippen molar-refractivity contribution in [3.05, 3.63) is 53.6 Å². The minimum absolute atomic E-state index is 0.170. The molecule has 7 heteroatoms. The standard InChI is InChI=1S/C24H34O6S/c1-5-6-7-8-21(30-31(25,26)22-12-9-19(2)10-13-22)18-29-16-15-20-11-14-23(27-3)24(17-20)28-4/h9-14,17,21H,5-8,15-16,18H2,1-4H3/t21-/m1/s1. The van der Waals surface area contributed by atoms with E-state index in [1.807, 2.05) is 25.1 Å². The molecule has 0 saturated carbocycles. The smallest absolute Gasteiger partial charge is 0.297 e. The third-order valence-corrected chi connectivity index (χ3v) is 6.36. The topological polar surface area (TPSA) is 71.1 Å². The van der Waals surface area contributed by atoms with Crippen molar-refractivity contribution < 1.29 is 26.8 Å². The highest BCUT2D eigenvalue weighted by atomic mass is 32.2. The summed E-state index contributed by atoms with van der Waals surface area (Å²) in [5, 5.41) is 0. The summed E-state index contributed by atoms with van der Waals surface area (Å²) in [6.45, 7) is 4.70. The molecule has 0 aliphatic carbocycles. The van der Waals surface area contributed by atoms with Gasteiger partial charge in [-0.1, -0.05) is 49.9 Å². The van der Waals surface area contributed by atoms with Crippen molar-refractivity contribution in [3.8, 4) is 11.5 Å². The molecule has 0 unspecified atom stereocenters. The number of rotatable bonds is 14. The van der Waals surface area contributed by atoms with E-state index in [0.717, 1.165) is 30.4 Å². The highest BCUT2D eigenvalue weighted by Crippen LogP contribution is 2.27. The van der Waals surface area contributed by atoms with Gasteiger partial charge in [-0.3, -0.25) is 4.18 Å². The molecular formula is C24H34O6S. The van der Waals surface area contributed by atoms with Gasteiger partial charge in [0.15, 0.2) is 11.5 Å². The zero-order valence-electron chi connectivity index (χ0n) is 18.9. The average Bonchev–Trinajstić information content (AvgIpc) is 2.76. The fourth-order valence-corrected chi connectivity index (χ4v) is 4.25. The van der Waals surface area contributed by atoms with Gasteiger partial charge in [0.2, 0.25) is 0 Å². The Hall–Kier alpha value is -2.09. The van der Waals surface area contributed by atoms with Crippen LogP contribution < -0.4 is 9.47 Å². The van der Waals surface area contributed by atoms with Crippen molar-refractivity contribution in [1.29, 1.82) is 0 Å². The third-order valence-electron chi connectivity index (χ3n) is 4.99. The molecule has 0 saturated heterocycles. The maximum absolute atomic E-state index is 12.7. The van der Waals surface area contributed by atoms with Crippen LogP contribution >= 0.6 is 0 Å². The lowest BCUT2D eigenvalue weighted by Gasteiger charge is -2.18. The van der Waals surface area contributed by atoms with E-state index in [-0.39, 0.29) is 11.5 Å². The number of unbranched alkanes of at least 4 members (excludes halogenated alkanes) is 2. The molecule has 2 aromatic carbocycles. The average molecular weight is 451 g/mol. The van der Waals surface area contributed by atoms with Crippen LogP contribution in [0.2, 0.25) is 0 Å². The monoisotopic (exact) mass is 450 g/mol. The van der Waals surface area contributed by atoms with Gasteiger partial charge < -0.3 is 14.2 Å². The van der Waals surface area contributed by atoms with Crippen molar-refractivity contribution >= 4 is 10.1 Å². The van der Waals surface area contributed by atoms with E-state index in [0.29, 0.717) is 30.9 Å². The lowest BCUT2D eigenvalue weighted by Crippen LogP contribution is -2.24. The molecular weight excluding hydrogens is 416 g/mol. The normalized spacial score (nSPS) is 12.5. The number of aryl methyl sites for hydroxylation is 1. The van der Waals surface area contributed by atoms with E-state index in [2.05, 4.69) is 6.92 Å². The molecule has 1 atom stereocenters. The first-order valence-electron chi connectivity index (χ1n) is 10.7. The van der Waals surface area contributed by atoms with Crippen LogP contribution in [0.15, 0.2) is 47.4 Å². The number of methoxy groups -OCH3 is 2. The highest BCUT2D eigenvalue weighted by Gasteiger charge is 2.22. The predicted octanol–water partition coefficient (Wildman–Crippen LogP) is 4.93. The minimum atomic E-state index is -3.83. The molecule has 0 aromatic heterocycles. The van der Waals surface area contributed by atoms with Gasteiger partial charge in [0.25, 0.3) is 10.1 Å². The number of hydrogen-bond donors (Lipinski definition) is 0. The molecule has 0 heterocycles. The quantitative estimate of drug-likeness (QED) is 0.300. The number of hydrogen-bond acceptors (Lipinski definition) is 6. The van der Waals surface area contributed by atoms with Gasteiger partial charge in [-0.05, 0) is 49.6 Å². The van der Waals surface area contributed by atoms with Crippen LogP contribution in [0.4, 0.5) is 0 Å². The van der Waals surface area contributed by atoms with Crippen molar-refractivity contribution in [2.75, 3.05) is 27.4 Å². The molecule has 6 nitrogen and oxygen atoms in total. The first-order chi connectivity index (χ1) is 14.9. The third kappa shape index (κ3) is 8.16. The molecule has 0 aliphatic rings. The van der Waals surface area contributed by atoms with E-state index in [4.69, 9.17) is 18.4 Å². The maximum atomic E-state index is 12.7. The lowest BCUT2D eigenvalue weighted by molar-refractivity contribution is 0.0494. The fraction of sp³-hybridized carbons (Fsp3) is 0.500. The Morgan fingerprint density at radius 2 is 1.65 bits per heavy atom. The van der Waals surface area contributed by atoms with E-state index in [1.54, 1.807) is 38.5 Å². The SMILES string of the molecule is CCCCC[C@H](COCCc1ccc(OC)c(OC)c1)OS(=O)(=O)c1ccc(C)cc1. The summed E-state index contributed by atoms with van der Waals surface area (Å²) in [5.41, 5.74) is 2.05. The molecule has 31 heavy (non-hydrogen) atoms. The summed E-state index contributed by atoms with van der Waals surface area (Å²) in [5.74, 6) is 1.35. The molecule has 0 radical (unpaired) electrons. The summed E-state index contributed by atoms with van der Waals surface area (Å²) >= 11 is 0. The largest absolute Gasteiger partial charge is 0.493 e. The van der Waals surface area contributed by atoms with Crippen LogP contribution in [0.25, 0.3) is 0 Å². The second-order valence-corrected chi connectivity index (χ2v) is 9.07. The Labute approximate surface area is 186 Å². The Bertz CT molecular complexity index is 893. The Morgan fingerprint density at radius 1 is 0.935 bits per heavy atom. The molecule has 0 N–H and O–H groups in total. The maximum Gasteiger partial charge on any atom is 0.297 e. The summed E-state index contributed by atoms with van der Waals surface area (Å²) in [7, 11) is -0.627. The molecule has 0 fully saturated rings. The summed E-state index contributed by atoms with van der Waals surface area (Å²) in [4.78, 5) is 0.170. The molecule has 0 bridgehead atoms. The lowest BCUT2D eigenvalue weighted by atomic mass is 10.1. The Kier molecular flexibility index (Phi) is 10.3. The summed E-state index contributed by atoms with van der Waals surface area (Å²) in [6, 6.07) is 12.4. The first-order valence-corrected chi connectivity index (χ1v) is 12.1. The predicted molar refractivity (Wildman–Crippen MR) is 121 cm³/mol. The van der Waals surface area contributed by atoms with Crippen LogP contribution in [-0.4, -0.2) is 42.0 Å². The summed E-state index contributed by atoms with van der Waals surface area (Å²) in [6.07, 6.45) is 3.77. The second-order valence-electron chi connectivity index (χ2n) is 7.50. The highest BCUT2D eigenvalue weighted by molar-refractivity contribution is 7.86. The fourth-order valence-electron chi connectivity index (χ4n) is 3.16. The van der Waals surface area contributed by atoms with Crippen LogP contribution in [0.5, 0.6) is 11.5 Å². The van der Waals surface area contributed by atoms with Gasteiger partial charge in [-0.2, -0.15) is 8.42 Å². The number of ether oxygens (including phenoxy) is 3. The van der Waals surface area contributed by atoms with E-state index in [9.17, 15) is 8.42 Å². The van der Waals surface area contributed by atoms with Gasteiger partial charge in [-0.25, -0.2) is 0 Å². The van der Waals surface area contributed by atoms with Crippen molar-refractivity contribution in [2.45, 2.75) is 57.0 Å². The van der Waals surface area contributed by atoms with E-state index < -0.39 is 16.2 Å². The van der Waals surface area contributed by atoms with Crippen molar-refractivity contribution in [2.24, 2.45) is 0 Å². The molecule has 172 valence electrons. The zero-order valence-corrected chi connectivity index (χ0v) is 19.7. The Balaban J connectivity index is 1.93. The summed E-state index contributed by atoms with van der Waals surface area (Å²) < 4.78 is 47.3. The van der Waals surface area contributed by atoms with Gasteiger partial charge in [0, 0.05) is 0 Å². The van der Waals surface area contributed by atoms with Crippen LogP contribution in [0, 0.1) is 6.92 Å². The Morgan fingerprint density at radius 3 is 2.29 bits per heavy atom. The van der Waals surface area contributed by atoms with Gasteiger partial charge >= 0.3 is 0 Å². The van der Waals surface area contributed by atoms with Crippen LogP contribution in [0.3, 0.4) is 0 Å². The van der Waals surface area contributed by atoms with Crippen LogP contribution in [-0.2, 0) is 25.5 Å². The number of benzene rings is 2. The zero-order chi connectivity index (χ0) is 22.7. The molecule has 0 amide bonds. The van der Waals surface area contributed by atoms with Gasteiger partial charge in [-0.15, -0.1) is 0 Å². The molecule has 2 aromatic rings. The molecule has 0 aliphatic heterocycles. The first kappa shape index (κ1) is 25.2. The van der Waals surface area contributed by atoms with Crippen molar-refractivity contribution in [3.63, 3.8) is 0 Å². The minimum Gasteiger partial charge on any atom is -0.493 e. The van der Waals surface area contributed by atoms with Gasteiger partial charge in [0.1, 0.15) is 6.10 Å². The van der Waals surface area contributed by atoms with E-state index in [1.165, 1.54) is 0 Å². The second kappa shape index (κ2) is 12.7. The van der Waals surface area contributed by atoms with E-state index >= 15 is 0 Å². The van der Waals surface area contributed by atoms with Crippen molar-refractivity contribution in [1.82, 2.24) is 0 Å². The molecule has 2 rings (SSSR count). The van der Waals surface area contributed by atoms with Gasteiger partial charge in [0.05, 0.1) is 32.3 Å². The molecule has 0 spiro atoms. The van der Waals surface area contributed by atoms with Crippen LogP contribution in [0.1, 0.15) is 43.7 Å².